The van der Waals surface area contributed by atoms with E-state index in [1.165, 1.54) is 0 Å². The summed E-state index contributed by atoms with van der Waals surface area (Å²) in [6.45, 7) is 4.26. The Kier molecular flexibility index (Phi) is 4.96. The van der Waals surface area contributed by atoms with Crippen LogP contribution in [0.1, 0.15) is 30.9 Å². The van der Waals surface area contributed by atoms with Crippen LogP contribution in [-0.2, 0) is 16.1 Å². The number of carbonyl (C=O) groups excluding carboxylic acids is 1. The first kappa shape index (κ1) is 15.5. The highest BCUT2D eigenvalue weighted by Gasteiger charge is 2.36. The number of aliphatic carboxylic acids is 1. The van der Waals surface area contributed by atoms with Crippen molar-refractivity contribution in [2.75, 3.05) is 6.54 Å². The average molecular weight is 290 g/mol. The van der Waals surface area contributed by atoms with E-state index in [0.29, 0.717) is 6.54 Å². The number of aryl methyl sites for hydroxylation is 1. The van der Waals surface area contributed by atoms with Crippen LogP contribution in [0.25, 0.3) is 0 Å². The minimum Gasteiger partial charge on any atom is -0.480 e. The molecule has 0 bridgehead atoms. The van der Waals surface area contributed by atoms with Crippen molar-refractivity contribution in [2.24, 2.45) is 0 Å². The van der Waals surface area contributed by atoms with Gasteiger partial charge in [-0.1, -0.05) is 24.3 Å². The Morgan fingerprint density at radius 3 is 2.62 bits per heavy atom. The number of carbonyl (C=O) groups is 2. The maximum Gasteiger partial charge on any atom is 0.320 e. The summed E-state index contributed by atoms with van der Waals surface area (Å²) < 4.78 is 0. The number of hydrogen-bond donors (Lipinski definition) is 2. The lowest BCUT2D eigenvalue weighted by molar-refractivity contribution is -0.143. The Hall–Kier alpha value is -1.88. The lowest BCUT2D eigenvalue weighted by Crippen LogP contribution is -2.46. The van der Waals surface area contributed by atoms with Gasteiger partial charge >= 0.3 is 5.97 Å². The van der Waals surface area contributed by atoms with Crippen molar-refractivity contribution in [1.82, 2.24) is 10.2 Å². The van der Waals surface area contributed by atoms with E-state index in [1.54, 1.807) is 11.8 Å². The molecule has 114 valence electrons. The lowest BCUT2D eigenvalue weighted by Gasteiger charge is -2.25. The van der Waals surface area contributed by atoms with Crippen molar-refractivity contribution >= 4 is 11.9 Å². The summed E-state index contributed by atoms with van der Waals surface area (Å²) >= 11 is 0. The van der Waals surface area contributed by atoms with Gasteiger partial charge in [-0.25, -0.2) is 0 Å². The zero-order valence-electron chi connectivity index (χ0n) is 12.5. The fraction of sp³-hybridized carbons (Fsp3) is 0.500. The molecule has 0 saturated heterocycles. The standard InChI is InChI=1S/C16H22N2O3/c1-11-5-3-4-6-13(11)9-17-15(19)10-18(14-7-8-14)12(2)16(20)21/h3-6,12,14H,7-10H2,1-2H3,(H,17,19)(H,20,21). The second-order valence-electron chi connectivity index (χ2n) is 5.62. The molecule has 1 amide bonds. The first-order valence-electron chi connectivity index (χ1n) is 7.29. The Morgan fingerprint density at radius 2 is 2.05 bits per heavy atom. The number of rotatable bonds is 7. The van der Waals surface area contributed by atoms with Gasteiger partial charge in [0.25, 0.3) is 0 Å². The second kappa shape index (κ2) is 6.72. The molecule has 0 aromatic heterocycles. The SMILES string of the molecule is Cc1ccccc1CNC(=O)CN(C1CC1)C(C)C(=O)O. The number of nitrogens with one attached hydrogen (secondary N) is 1. The third-order valence-electron chi connectivity index (χ3n) is 3.93. The molecular formula is C16H22N2O3. The molecule has 21 heavy (non-hydrogen) atoms. The Labute approximate surface area is 125 Å². The zero-order chi connectivity index (χ0) is 15.4. The van der Waals surface area contributed by atoms with Gasteiger partial charge in [0.2, 0.25) is 5.91 Å². The molecule has 1 aliphatic rings. The highest BCUT2D eigenvalue weighted by Crippen LogP contribution is 2.28. The molecule has 0 heterocycles. The molecule has 1 saturated carbocycles. The molecular weight excluding hydrogens is 268 g/mol. The molecule has 1 aromatic carbocycles. The molecule has 2 rings (SSSR count). The Bertz CT molecular complexity index is 526. The Balaban J connectivity index is 1.88. The van der Waals surface area contributed by atoms with Crippen LogP contribution < -0.4 is 5.32 Å². The van der Waals surface area contributed by atoms with Crippen LogP contribution >= 0.6 is 0 Å². The van der Waals surface area contributed by atoms with Gasteiger partial charge in [0.15, 0.2) is 0 Å². The van der Waals surface area contributed by atoms with Crippen LogP contribution in [-0.4, -0.2) is 40.5 Å². The summed E-state index contributed by atoms with van der Waals surface area (Å²) in [5.74, 6) is -1.01. The van der Waals surface area contributed by atoms with Gasteiger partial charge in [-0.3, -0.25) is 14.5 Å². The topological polar surface area (TPSA) is 69.6 Å². The van der Waals surface area contributed by atoms with Crippen LogP contribution in [0.4, 0.5) is 0 Å². The number of benzene rings is 1. The zero-order valence-corrected chi connectivity index (χ0v) is 12.5. The third kappa shape index (κ3) is 4.29. The van der Waals surface area contributed by atoms with Gasteiger partial charge in [-0.05, 0) is 37.8 Å². The molecule has 1 aromatic rings. The highest BCUT2D eigenvalue weighted by molar-refractivity contribution is 5.80. The van der Waals surface area contributed by atoms with E-state index < -0.39 is 12.0 Å². The molecule has 2 N–H and O–H groups in total. The van der Waals surface area contributed by atoms with E-state index in [0.717, 1.165) is 24.0 Å². The molecule has 0 aliphatic heterocycles. The average Bonchev–Trinajstić information content (AvgIpc) is 3.27. The highest BCUT2D eigenvalue weighted by atomic mass is 16.4. The number of carboxylic acids is 1. The summed E-state index contributed by atoms with van der Waals surface area (Å²) in [5, 5.41) is 12.0. The van der Waals surface area contributed by atoms with Gasteiger partial charge in [0, 0.05) is 12.6 Å². The summed E-state index contributed by atoms with van der Waals surface area (Å²) in [7, 11) is 0. The summed E-state index contributed by atoms with van der Waals surface area (Å²) in [6, 6.07) is 7.50. The molecule has 5 nitrogen and oxygen atoms in total. The molecule has 1 aliphatic carbocycles. The lowest BCUT2D eigenvalue weighted by atomic mass is 10.1. The van der Waals surface area contributed by atoms with E-state index >= 15 is 0 Å². The Morgan fingerprint density at radius 1 is 1.38 bits per heavy atom. The normalized spacial score (nSPS) is 15.8. The first-order valence-corrected chi connectivity index (χ1v) is 7.29. The van der Waals surface area contributed by atoms with Crippen molar-refractivity contribution in [3.63, 3.8) is 0 Å². The number of carboxylic acid groups (broad SMARTS) is 1. The maximum absolute atomic E-state index is 12.1. The van der Waals surface area contributed by atoms with Gasteiger partial charge in [0.1, 0.15) is 6.04 Å². The van der Waals surface area contributed by atoms with E-state index in [9.17, 15) is 9.59 Å². The van der Waals surface area contributed by atoms with Crippen molar-refractivity contribution in [3.8, 4) is 0 Å². The fourth-order valence-corrected chi connectivity index (χ4v) is 2.35. The smallest absolute Gasteiger partial charge is 0.320 e. The van der Waals surface area contributed by atoms with Crippen molar-refractivity contribution < 1.29 is 14.7 Å². The van der Waals surface area contributed by atoms with E-state index in [1.807, 2.05) is 31.2 Å². The summed E-state index contributed by atoms with van der Waals surface area (Å²) in [6.07, 6.45) is 1.95. The van der Waals surface area contributed by atoms with Gasteiger partial charge in [0.05, 0.1) is 6.54 Å². The molecule has 1 unspecified atom stereocenters. The van der Waals surface area contributed by atoms with Gasteiger partial charge < -0.3 is 10.4 Å². The quantitative estimate of drug-likeness (QED) is 0.799. The van der Waals surface area contributed by atoms with Crippen LogP contribution in [0.15, 0.2) is 24.3 Å². The van der Waals surface area contributed by atoms with Crippen LogP contribution in [0.2, 0.25) is 0 Å². The van der Waals surface area contributed by atoms with Crippen molar-refractivity contribution in [2.45, 2.75) is 45.3 Å². The maximum atomic E-state index is 12.1. The number of amides is 1. The summed E-state index contributed by atoms with van der Waals surface area (Å²) in [4.78, 5) is 24.9. The minimum atomic E-state index is -0.881. The van der Waals surface area contributed by atoms with Crippen molar-refractivity contribution in [1.29, 1.82) is 0 Å². The van der Waals surface area contributed by atoms with Gasteiger partial charge in [-0.2, -0.15) is 0 Å². The molecule has 1 fully saturated rings. The molecule has 1 atom stereocenters. The summed E-state index contributed by atoms with van der Waals surface area (Å²) in [5.41, 5.74) is 2.21. The van der Waals surface area contributed by atoms with E-state index in [-0.39, 0.29) is 18.5 Å². The predicted octanol–water partition coefficient (Wildman–Crippen LogP) is 1.55. The third-order valence-corrected chi connectivity index (χ3v) is 3.93. The predicted molar refractivity (Wildman–Crippen MR) is 79.9 cm³/mol. The van der Waals surface area contributed by atoms with Crippen LogP contribution in [0.5, 0.6) is 0 Å². The largest absolute Gasteiger partial charge is 0.480 e. The monoisotopic (exact) mass is 290 g/mol. The van der Waals surface area contributed by atoms with Crippen molar-refractivity contribution in [3.05, 3.63) is 35.4 Å². The molecule has 5 heteroatoms. The van der Waals surface area contributed by atoms with E-state index in [2.05, 4.69) is 5.32 Å². The van der Waals surface area contributed by atoms with Crippen LogP contribution in [0, 0.1) is 6.92 Å². The van der Waals surface area contributed by atoms with E-state index in [4.69, 9.17) is 5.11 Å². The first-order chi connectivity index (χ1) is 9.99. The van der Waals surface area contributed by atoms with Gasteiger partial charge in [-0.15, -0.1) is 0 Å². The minimum absolute atomic E-state index is 0.127. The van der Waals surface area contributed by atoms with Crippen LogP contribution in [0.3, 0.4) is 0 Å². The second-order valence-corrected chi connectivity index (χ2v) is 5.62. The number of hydrogen-bond acceptors (Lipinski definition) is 3. The molecule has 0 radical (unpaired) electrons. The number of nitrogens with zero attached hydrogens (tertiary/aromatic N) is 1. The fourth-order valence-electron chi connectivity index (χ4n) is 2.35. The molecule has 0 spiro atoms.